The van der Waals surface area contributed by atoms with Gasteiger partial charge in [0.05, 0.1) is 5.33 Å². The van der Waals surface area contributed by atoms with Crippen LogP contribution in [0, 0.1) is 0 Å². The molecule has 3 atom stereocenters. The molecule has 1 aliphatic rings. The van der Waals surface area contributed by atoms with E-state index in [0.717, 1.165) is 4.90 Å². The molecular weight excluding hydrogens is 784 g/mol. The van der Waals surface area contributed by atoms with Gasteiger partial charge < -0.3 is 19.9 Å². The van der Waals surface area contributed by atoms with E-state index >= 15 is 0 Å². The van der Waals surface area contributed by atoms with Crippen LogP contribution >= 0.6 is 27.7 Å². The molecular formula is C43H35BrN2O8S. The number of ether oxygens (including phenoxy) is 2. The smallest absolute Gasteiger partial charge is 0.359 e. The molecule has 1 fully saturated rings. The number of nitrogens with one attached hydrogen (secondary N) is 1. The molecule has 2 N–H and O–H groups in total. The highest BCUT2D eigenvalue weighted by atomic mass is 79.9. The van der Waals surface area contributed by atoms with Gasteiger partial charge in [0.2, 0.25) is 5.91 Å². The van der Waals surface area contributed by atoms with Crippen LogP contribution in [0.3, 0.4) is 0 Å². The maximum absolute atomic E-state index is 14.2. The molecule has 10 nitrogen and oxygen atoms in total. The number of aliphatic hydroxyl groups is 1. The van der Waals surface area contributed by atoms with Crippen molar-refractivity contribution in [1.82, 2.24) is 10.2 Å². The summed E-state index contributed by atoms with van der Waals surface area (Å²) in [6, 6.07) is 43.0. The highest BCUT2D eigenvalue weighted by Gasteiger charge is 2.54. The fraction of sp³-hybridized carbons (Fsp3) is 0.140. The number of allylic oxidation sites excluding steroid dienone is 1. The van der Waals surface area contributed by atoms with Gasteiger partial charge in [-0.25, -0.2) is 4.79 Å². The van der Waals surface area contributed by atoms with Crippen molar-refractivity contribution < 1.29 is 38.6 Å². The Bertz CT molecular complexity index is 2060. The fourth-order valence-corrected chi connectivity index (χ4v) is 7.29. The zero-order valence-electron chi connectivity index (χ0n) is 29.1. The summed E-state index contributed by atoms with van der Waals surface area (Å²) in [5.41, 5.74) is 2.90. The second-order valence-corrected chi connectivity index (χ2v) is 13.8. The Kier molecular flexibility index (Phi) is 12.9. The molecule has 2 amide bonds. The van der Waals surface area contributed by atoms with Crippen molar-refractivity contribution >= 4 is 57.1 Å². The first kappa shape index (κ1) is 38.7. The first-order chi connectivity index (χ1) is 26.8. The topological polar surface area (TPSA) is 139 Å². The molecule has 5 aromatic carbocycles. The zero-order chi connectivity index (χ0) is 38.7. The number of benzene rings is 5. The molecule has 6 rings (SSSR count). The number of hydrogen-bond acceptors (Lipinski definition) is 9. The van der Waals surface area contributed by atoms with Crippen molar-refractivity contribution in [3.63, 3.8) is 0 Å². The van der Waals surface area contributed by atoms with Crippen molar-refractivity contribution in [3.8, 4) is 0 Å². The Morgan fingerprint density at radius 2 is 1.09 bits per heavy atom. The zero-order valence-corrected chi connectivity index (χ0v) is 31.5. The summed E-state index contributed by atoms with van der Waals surface area (Å²) in [6.07, 6.45) is -1.76. The van der Waals surface area contributed by atoms with Crippen LogP contribution in [0.4, 0.5) is 0 Å². The Labute approximate surface area is 330 Å². The predicted octanol–water partition coefficient (Wildman–Crippen LogP) is 7.18. The summed E-state index contributed by atoms with van der Waals surface area (Å²) >= 11 is 3.77. The molecule has 0 bridgehead atoms. The van der Waals surface area contributed by atoms with E-state index in [1.807, 2.05) is 72.8 Å². The highest BCUT2D eigenvalue weighted by Crippen LogP contribution is 2.37. The molecule has 0 radical (unpaired) electrons. The highest BCUT2D eigenvalue weighted by molar-refractivity contribution is 9.09. The minimum absolute atomic E-state index is 0.232. The van der Waals surface area contributed by atoms with Gasteiger partial charge in [0.25, 0.3) is 5.91 Å². The second kappa shape index (κ2) is 18.4. The molecule has 5 aromatic rings. The van der Waals surface area contributed by atoms with E-state index < -0.39 is 64.8 Å². The number of alkyl halides is 1. The normalized spacial score (nSPS) is 16.1. The lowest BCUT2D eigenvalue weighted by Gasteiger charge is -2.46. The number of rotatable bonds is 15. The maximum Gasteiger partial charge on any atom is 0.359 e. The number of aliphatic hydroxyl groups excluding tert-OH is 1. The number of likely N-dealkylation sites (tertiary alicyclic amines) is 1. The third-order valence-electron chi connectivity index (χ3n) is 8.87. The molecule has 3 unspecified atom stereocenters. The average Bonchev–Trinajstić information content (AvgIpc) is 3.24. The molecule has 0 aromatic heterocycles. The third kappa shape index (κ3) is 8.88. The van der Waals surface area contributed by atoms with E-state index in [9.17, 15) is 29.1 Å². The van der Waals surface area contributed by atoms with Crippen LogP contribution in [0.25, 0.3) is 0 Å². The van der Waals surface area contributed by atoms with Crippen LogP contribution in [0.1, 0.15) is 45.9 Å². The number of carbonyl (C=O) groups excluding carboxylic acids is 5. The van der Waals surface area contributed by atoms with E-state index in [1.54, 1.807) is 78.9 Å². The SMILES string of the molecule is O=CSC1C(NC(=O)C(C(=O)OC(c2ccccc2)c2ccccc2)c2ccccc2)C(=O)N1C(C(=O)OC(c1ccccc1)c1ccccc1)=C(O)CBr. The lowest BCUT2D eigenvalue weighted by Crippen LogP contribution is -2.70. The molecule has 55 heavy (non-hydrogen) atoms. The Hall–Kier alpha value is -5.98. The molecule has 0 aliphatic carbocycles. The van der Waals surface area contributed by atoms with Crippen LogP contribution in [0.15, 0.2) is 163 Å². The van der Waals surface area contributed by atoms with Gasteiger partial charge in [0.15, 0.2) is 29.4 Å². The minimum atomic E-state index is -1.52. The third-order valence-corrected chi connectivity index (χ3v) is 10.3. The molecule has 1 saturated heterocycles. The number of amides is 2. The second-order valence-electron chi connectivity index (χ2n) is 12.3. The summed E-state index contributed by atoms with van der Waals surface area (Å²) in [4.78, 5) is 69.1. The average molecular weight is 820 g/mol. The van der Waals surface area contributed by atoms with Crippen molar-refractivity contribution in [2.24, 2.45) is 0 Å². The van der Waals surface area contributed by atoms with Gasteiger partial charge in [-0.05, 0) is 27.8 Å². The monoisotopic (exact) mass is 818 g/mol. The Morgan fingerprint density at radius 3 is 1.49 bits per heavy atom. The van der Waals surface area contributed by atoms with Crippen LogP contribution in [-0.2, 0) is 33.4 Å². The van der Waals surface area contributed by atoms with Gasteiger partial charge in [-0.3, -0.25) is 24.1 Å². The van der Waals surface area contributed by atoms with Crippen LogP contribution in [0.5, 0.6) is 0 Å². The van der Waals surface area contributed by atoms with Crippen molar-refractivity contribution in [2.45, 2.75) is 29.5 Å². The largest absolute Gasteiger partial charge is 0.509 e. The van der Waals surface area contributed by atoms with Crippen molar-refractivity contribution in [1.29, 1.82) is 0 Å². The number of halogens is 1. The molecule has 0 spiro atoms. The van der Waals surface area contributed by atoms with Gasteiger partial charge in [-0.15, -0.1) is 0 Å². The van der Waals surface area contributed by atoms with Crippen molar-refractivity contribution in [2.75, 3.05) is 5.33 Å². The van der Waals surface area contributed by atoms with E-state index in [4.69, 9.17) is 9.47 Å². The summed E-state index contributed by atoms with van der Waals surface area (Å²) in [5.74, 6) is -5.64. The number of β-lactam (4-membered cyclic amide) rings is 1. The summed E-state index contributed by atoms with van der Waals surface area (Å²) in [7, 11) is 0. The number of thioether (sulfide) groups is 1. The van der Waals surface area contributed by atoms with Crippen molar-refractivity contribution in [3.05, 3.63) is 191 Å². The number of nitrogens with zero attached hydrogens (tertiary/aromatic N) is 1. The number of carbonyl (C=O) groups is 5. The lowest BCUT2D eigenvalue weighted by molar-refractivity contribution is -0.156. The first-order valence-corrected chi connectivity index (χ1v) is 19.3. The van der Waals surface area contributed by atoms with Crippen LogP contribution in [0.2, 0.25) is 0 Å². The van der Waals surface area contributed by atoms with Crippen LogP contribution < -0.4 is 5.32 Å². The van der Waals surface area contributed by atoms with Crippen LogP contribution in [-0.4, -0.2) is 56.1 Å². The van der Waals surface area contributed by atoms with E-state index in [0.29, 0.717) is 45.2 Å². The molecule has 278 valence electrons. The first-order valence-electron chi connectivity index (χ1n) is 17.2. The maximum atomic E-state index is 14.2. The summed E-state index contributed by atoms with van der Waals surface area (Å²) in [6.45, 7) is 0. The number of esters is 2. The molecule has 1 aliphatic heterocycles. The van der Waals surface area contributed by atoms with Gasteiger partial charge in [0, 0.05) is 0 Å². The van der Waals surface area contributed by atoms with Gasteiger partial charge >= 0.3 is 11.9 Å². The van der Waals surface area contributed by atoms with Gasteiger partial charge in [0.1, 0.15) is 17.2 Å². The summed E-state index contributed by atoms with van der Waals surface area (Å²) in [5, 5.41) is 12.2. The minimum Gasteiger partial charge on any atom is -0.509 e. The Balaban J connectivity index is 1.27. The molecule has 12 heteroatoms. The quantitative estimate of drug-likeness (QED) is 0.0214. The molecule has 1 heterocycles. The van der Waals surface area contributed by atoms with Gasteiger partial charge in [-0.2, -0.15) is 0 Å². The van der Waals surface area contributed by atoms with Gasteiger partial charge in [-0.1, -0.05) is 179 Å². The lowest BCUT2D eigenvalue weighted by atomic mass is 9.95. The van der Waals surface area contributed by atoms with E-state index in [-0.39, 0.29) is 5.33 Å². The number of hydrogen-bond donors (Lipinski definition) is 2. The van der Waals surface area contributed by atoms with E-state index in [1.165, 1.54) is 0 Å². The predicted molar refractivity (Wildman–Crippen MR) is 211 cm³/mol. The summed E-state index contributed by atoms with van der Waals surface area (Å²) < 4.78 is 12.1. The Morgan fingerprint density at radius 1 is 0.691 bits per heavy atom. The molecule has 0 saturated carbocycles. The van der Waals surface area contributed by atoms with E-state index in [2.05, 4.69) is 21.2 Å². The standard InChI is InChI=1S/C43H35BrN2O8S/c44-26-33(48)36(43(52)54-38(31-22-12-4-13-23-31)32-24-14-5-15-25-32)46-40(50)35(41(46)55-27-47)45-39(49)34(28-16-6-1-7-17-28)42(51)53-37(29-18-8-2-9-19-29)30-20-10-3-11-21-30/h1-25,27,34-35,37-38,41,48H,26H2,(H,45,49). The fourth-order valence-electron chi connectivity index (χ4n) is 6.24.